The zero-order valence-corrected chi connectivity index (χ0v) is 22.9. The molecule has 202 valence electrons. The van der Waals surface area contributed by atoms with Gasteiger partial charge in [0.25, 0.3) is 0 Å². The molecule has 4 heterocycles. The predicted octanol–water partition coefficient (Wildman–Crippen LogP) is 10.6. The predicted molar refractivity (Wildman–Crippen MR) is 174 cm³/mol. The number of aromatic nitrogens is 2. The SMILES string of the molecule is c1ccc(-c2cc(N(c3ccc4c(n3)oc3ccccc34)c3ccnc4c3oc3ccccc34)cc3ccccc23)cc1. The lowest BCUT2D eigenvalue weighted by molar-refractivity contribution is 0.654. The number of pyridine rings is 2. The van der Waals surface area contributed by atoms with Gasteiger partial charge in [0.2, 0.25) is 5.71 Å². The van der Waals surface area contributed by atoms with Crippen molar-refractivity contribution in [3.05, 3.63) is 140 Å². The lowest BCUT2D eigenvalue weighted by atomic mass is 9.97. The van der Waals surface area contributed by atoms with E-state index in [9.17, 15) is 0 Å². The van der Waals surface area contributed by atoms with Crippen molar-refractivity contribution >= 4 is 72.1 Å². The van der Waals surface area contributed by atoms with Crippen LogP contribution in [0.1, 0.15) is 0 Å². The number of furan rings is 2. The lowest BCUT2D eigenvalue weighted by Crippen LogP contribution is -2.12. The Kier molecular flexibility index (Phi) is 5.13. The molecule has 0 unspecified atom stereocenters. The highest BCUT2D eigenvalue weighted by molar-refractivity contribution is 6.09. The molecule has 5 aromatic carbocycles. The summed E-state index contributed by atoms with van der Waals surface area (Å²) in [5.74, 6) is 0.716. The van der Waals surface area contributed by atoms with E-state index in [1.807, 2.05) is 60.8 Å². The van der Waals surface area contributed by atoms with Crippen molar-refractivity contribution in [2.24, 2.45) is 0 Å². The number of rotatable bonds is 4. The Morgan fingerprint density at radius 2 is 1.28 bits per heavy atom. The molecule has 9 aromatic rings. The molecule has 0 amide bonds. The van der Waals surface area contributed by atoms with Crippen LogP contribution in [-0.4, -0.2) is 9.97 Å². The monoisotopic (exact) mass is 553 g/mol. The summed E-state index contributed by atoms with van der Waals surface area (Å²) in [5, 5.41) is 5.31. The highest BCUT2D eigenvalue weighted by Gasteiger charge is 2.23. The second-order valence-electron chi connectivity index (χ2n) is 10.6. The van der Waals surface area contributed by atoms with Gasteiger partial charge in [0.1, 0.15) is 22.5 Å². The molecule has 0 spiro atoms. The van der Waals surface area contributed by atoms with Gasteiger partial charge in [0.15, 0.2) is 5.58 Å². The minimum atomic E-state index is 0.586. The van der Waals surface area contributed by atoms with Crippen molar-refractivity contribution in [2.45, 2.75) is 0 Å². The summed E-state index contributed by atoms with van der Waals surface area (Å²) >= 11 is 0. The minimum Gasteiger partial charge on any atom is -0.452 e. The number of benzene rings is 5. The molecule has 5 heteroatoms. The van der Waals surface area contributed by atoms with E-state index >= 15 is 0 Å². The first-order valence-electron chi connectivity index (χ1n) is 14.2. The van der Waals surface area contributed by atoms with Crippen molar-refractivity contribution in [3.8, 4) is 11.1 Å². The van der Waals surface area contributed by atoms with Gasteiger partial charge in [0, 0.05) is 28.0 Å². The fraction of sp³-hybridized carbons (Fsp3) is 0. The fourth-order valence-corrected chi connectivity index (χ4v) is 6.16. The summed E-state index contributed by atoms with van der Waals surface area (Å²) in [7, 11) is 0. The number of hydrogen-bond acceptors (Lipinski definition) is 5. The number of para-hydroxylation sites is 2. The van der Waals surface area contributed by atoms with E-state index in [0.29, 0.717) is 17.1 Å². The van der Waals surface area contributed by atoms with Crippen LogP contribution in [0.5, 0.6) is 0 Å². The fourth-order valence-electron chi connectivity index (χ4n) is 6.16. The van der Waals surface area contributed by atoms with Crippen molar-refractivity contribution in [3.63, 3.8) is 0 Å². The van der Waals surface area contributed by atoms with Gasteiger partial charge in [-0.15, -0.1) is 0 Å². The molecule has 0 saturated carbocycles. The highest BCUT2D eigenvalue weighted by Crippen LogP contribution is 2.44. The molecule has 0 aliphatic carbocycles. The summed E-state index contributed by atoms with van der Waals surface area (Å²) in [6.45, 7) is 0. The van der Waals surface area contributed by atoms with Crippen LogP contribution in [0.3, 0.4) is 0 Å². The van der Waals surface area contributed by atoms with E-state index in [2.05, 4.69) is 83.8 Å². The largest absolute Gasteiger partial charge is 0.452 e. The standard InChI is InChI=1S/C38H23N3O2/c1-2-10-24(11-3-1)31-23-26(22-25-12-4-5-13-27(25)31)41(32-20-21-39-36-30-15-7-9-17-34(30)42-37(32)36)35-19-18-29-28-14-6-8-16-33(28)43-38(29)40-35/h1-23H. The van der Waals surface area contributed by atoms with Gasteiger partial charge in [-0.2, -0.15) is 4.98 Å². The maximum absolute atomic E-state index is 6.49. The van der Waals surface area contributed by atoms with E-state index in [4.69, 9.17) is 18.8 Å². The number of nitrogens with zero attached hydrogens (tertiary/aromatic N) is 3. The zero-order chi connectivity index (χ0) is 28.3. The summed E-state index contributed by atoms with van der Waals surface area (Å²) < 4.78 is 12.7. The summed E-state index contributed by atoms with van der Waals surface area (Å²) in [6, 6.07) is 45.6. The van der Waals surface area contributed by atoms with E-state index in [-0.39, 0.29) is 0 Å². The summed E-state index contributed by atoms with van der Waals surface area (Å²) in [6.07, 6.45) is 1.84. The first-order valence-corrected chi connectivity index (χ1v) is 14.2. The van der Waals surface area contributed by atoms with E-state index in [1.165, 1.54) is 5.39 Å². The summed E-state index contributed by atoms with van der Waals surface area (Å²) in [4.78, 5) is 12.0. The molecule has 43 heavy (non-hydrogen) atoms. The third-order valence-corrected chi connectivity index (χ3v) is 8.13. The van der Waals surface area contributed by atoms with Gasteiger partial charge in [-0.3, -0.25) is 9.88 Å². The second kappa shape index (κ2) is 9.29. The molecule has 4 aromatic heterocycles. The topological polar surface area (TPSA) is 55.3 Å². The Bertz CT molecular complexity index is 2480. The first kappa shape index (κ1) is 23.7. The van der Waals surface area contributed by atoms with Crippen LogP contribution in [0, 0.1) is 0 Å². The van der Waals surface area contributed by atoms with Gasteiger partial charge in [-0.25, -0.2) is 0 Å². The molecule has 0 saturated heterocycles. The maximum Gasteiger partial charge on any atom is 0.229 e. The van der Waals surface area contributed by atoms with Gasteiger partial charge in [-0.05, 0) is 70.4 Å². The Morgan fingerprint density at radius 3 is 2.14 bits per heavy atom. The molecule has 9 rings (SSSR count). The van der Waals surface area contributed by atoms with Gasteiger partial charge < -0.3 is 8.83 Å². The van der Waals surface area contributed by atoms with Crippen LogP contribution >= 0.6 is 0 Å². The Hall–Kier alpha value is -5.94. The van der Waals surface area contributed by atoms with Gasteiger partial charge >= 0.3 is 0 Å². The Morgan fingerprint density at radius 1 is 0.558 bits per heavy atom. The average Bonchev–Trinajstić information content (AvgIpc) is 3.63. The number of fused-ring (bicyclic) bond motifs is 7. The van der Waals surface area contributed by atoms with E-state index < -0.39 is 0 Å². The van der Waals surface area contributed by atoms with Crippen molar-refractivity contribution in [1.82, 2.24) is 9.97 Å². The van der Waals surface area contributed by atoms with Crippen molar-refractivity contribution in [1.29, 1.82) is 0 Å². The second-order valence-corrected chi connectivity index (χ2v) is 10.6. The average molecular weight is 554 g/mol. The molecule has 0 bridgehead atoms. The highest BCUT2D eigenvalue weighted by atomic mass is 16.3. The van der Waals surface area contributed by atoms with E-state index in [0.717, 1.165) is 60.7 Å². The van der Waals surface area contributed by atoms with E-state index in [1.54, 1.807) is 0 Å². The zero-order valence-electron chi connectivity index (χ0n) is 22.9. The van der Waals surface area contributed by atoms with Crippen LogP contribution < -0.4 is 4.90 Å². The smallest absolute Gasteiger partial charge is 0.229 e. The van der Waals surface area contributed by atoms with Crippen molar-refractivity contribution < 1.29 is 8.83 Å². The Labute approximate surface area is 246 Å². The van der Waals surface area contributed by atoms with Crippen LogP contribution in [0.4, 0.5) is 17.2 Å². The molecular weight excluding hydrogens is 530 g/mol. The van der Waals surface area contributed by atoms with Crippen LogP contribution in [0.25, 0.3) is 66.0 Å². The van der Waals surface area contributed by atoms with Crippen molar-refractivity contribution in [2.75, 3.05) is 4.90 Å². The third kappa shape index (κ3) is 3.72. The van der Waals surface area contributed by atoms with Crippen LogP contribution in [0.2, 0.25) is 0 Å². The number of anilines is 3. The molecule has 0 aliphatic rings. The maximum atomic E-state index is 6.49. The van der Waals surface area contributed by atoms with Crippen LogP contribution in [-0.2, 0) is 0 Å². The molecule has 0 fully saturated rings. The van der Waals surface area contributed by atoms with Gasteiger partial charge in [-0.1, -0.05) is 84.9 Å². The third-order valence-electron chi connectivity index (χ3n) is 8.13. The molecular formula is C38H23N3O2. The van der Waals surface area contributed by atoms with Gasteiger partial charge in [0.05, 0.1) is 5.69 Å². The molecule has 5 nitrogen and oxygen atoms in total. The quantitative estimate of drug-likeness (QED) is 0.217. The normalized spacial score (nSPS) is 11.7. The minimum absolute atomic E-state index is 0.586. The van der Waals surface area contributed by atoms with Crippen LogP contribution in [0.15, 0.2) is 148 Å². The molecule has 0 atom stereocenters. The summed E-state index contributed by atoms with van der Waals surface area (Å²) in [5.41, 5.74) is 7.78. The molecule has 0 radical (unpaired) electrons. The number of hydrogen-bond donors (Lipinski definition) is 0. The molecule has 0 N–H and O–H groups in total. The molecule has 0 aliphatic heterocycles. The lowest BCUT2D eigenvalue weighted by Gasteiger charge is -2.25. The Balaban J connectivity index is 1.36. The first-order chi connectivity index (χ1) is 21.3.